The van der Waals surface area contributed by atoms with E-state index in [0.29, 0.717) is 5.56 Å². The molecule has 1 aromatic rings. The minimum atomic E-state index is -0.364. The summed E-state index contributed by atoms with van der Waals surface area (Å²) in [6, 6.07) is 6.18. The Morgan fingerprint density at radius 3 is 2.85 bits per heavy atom. The summed E-state index contributed by atoms with van der Waals surface area (Å²) < 4.78 is 12.9. The molecule has 0 saturated heterocycles. The maximum Gasteiger partial charge on any atom is 0.206 e. The van der Waals surface area contributed by atoms with Crippen LogP contribution in [0.2, 0.25) is 0 Å². The number of hydrogen-bond acceptors (Lipinski definition) is 2. The van der Waals surface area contributed by atoms with Gasteiger partial charge in [0.1, 0.15) is 5.82 Å². The molecule has 0 aromatic heterocycles. The molecule has 0 spiro atoms. The summed E-state index contributed by atoms with van der Waals surface area (Å²) in [4.78, 5) is 0. The second kappa shape index (κ2) is 4.20. The number of benzene rings is 1. The third-order valence-electron chi connectivity index (χ3n) is 1.29. The molecule has 0 aliphatic carbocycles. The first-order chi connectivity index (χ1) is 6.20. The van der Waals surface area contributed by atoms with E-state index in [2.05, 4.69) is 10.5 Å². The van der Waals surface area contributed by atoms with Gasteiger partial charge >= 0.3 is 0 Å². The normalized spacial score (nSPS) is 10.2. The minimum absolute atomic E-state index is 0.285. The highest BCUT2D eigenvalue weighted by Crippen LogP contribution is 2.02. The van der Waals surface area contributed by atoms with Gasteiger partial charge in [0.15, 0.2) is 0 Å². The highest BCUT2D eigenvalue weighted by Gasteiger charge is 1.94. The van der Waals surface area contributed by atoms with E-state index in [1.807, 2.05) is 0 Å². The molecule has 0 heterocycles. The van der Waals surface area contributed by atoms with Crippen LogP contribution in [0, 0.1) is 11.2 Å². The molecule has 5 heteroatoms. The molecule has 1 rings (SSSR count). The van der Waals surface area contributed by atoms with Crippen LogP contribution in [-0.2, 0) is 0 Å². The molecule has 1 aromatic carbocycles. The van der Waals surface area contributed by atoms with E-state index >= 15 is 0 Å². The van der Waals surface area contributed by atoms with Crippen molar-refractivity contribution in [3.8, 4) is 0 Å². The minimum Gasteiger partial charge on any atom is -0.369 e. The molecule has 0 radical (unpaired) electrons. The van der Waals surface area contributed by atoms with E-state index in [4.69, 9.17) is 11.1 Å². The summed E-state index contributed by atoms with van der Waals surface area (Å²) in [5, 5.41) is 10.3. The Morgan fingerprint density at radius 2 is 2.23 bits per heavy atom. The van der Waals surface area contributed by atoms with Crippen molar-refractivity contribution in [3.63, 3.8) is 0 Å². The first-order valence-corrected chi connectivity index (χ1v) is 3.58. The highest BCUT2D eigenvalue weighted by molar-refractivity contribution is 5.82. The van der Waals surface area contributed by atoms with Crippen molar-refractivity contribution < 1.29 is 4.39 Å². The molecule has 0 amide bonds. The van der Waals surface area contributed by atoms with Crippen molar-refractivity contribution in [3.05, 3.63) is 35.6 Å². The fraction of sp³-hybridized carbons (Fsp3) is 0. The zero-order chi connectivity index (χ0) is 9.68. The van der Waals surface area contributed by atoms with E-state index in [1.165, 1.54) is 12.3 Å². The van der Waals surface area contributed by atoms with E-state index in [-0.39, 0.29) is 11.8 Å². The second-order valence-corrected chi connectivity index (χ2v) is 2.31. The Kier molecular flexibility index (Phi) is 2.97. The molecule has 68 valence electrons. The number of rotatable bonds is 2. The van der Waals surface area contributed by atoms with Gasteiger partial charge in [0.2, 0.25) is 5.96 Å². The second-order valence-electron chi connectivity index (χ2n) is 2.31. The Balaban J connectivity index is 2.68. The molecule has 13 heavy (non-hydrogen) atoms. The van der Waals surface area contributed by atoms with Gasteiger partial charge in [-0.1, -0.05) is 18.2 Å². The first kappa shape index (κ1) is 9.18. The van der Waals surface area contributed by atoms with E-state index in [0.717, 1.165) is 0 Å². The lowest BCUT2D eigenvalue weighted by Crippen LogP contribution is -2.25. The van der Waals surface area contributed by atoms with E-state index in [9.17, 15) is 4.39 Å². The fourth-order valence-corrected chi connectivity index (χ4v) is 0.751. The molecule has 0 atom stereocenters. The highest BCUT2D eigenvalue weighted by atomic mass is 19.1. The van der Waals surface area contributed by atoms with Crippen LogP contribution in [0.5, 0.6) is 0 Å². The SMILES string of the molecule is N=C(N)N/N=C/c1ccccc1F. The summed E-state index contributed by atoms with van der Waals surface area (Å²) in [6.07, 6.45) is 1.26. The summed E-state index contributed by atoms with van der Waals surface area (Å²) in [5.74, 6) is -0.649. The molecule has 0 fully saturated rings. The molecule has 0 unspecified atom stereocenters. The standard InChI is InChI=1S/C8H9FN4/c9-7-4-2-1-3-6(7)5-12-13-8(10)11/h1-5H,(H4,10,11,13)/b12-5+. The van der Waals surface area contributed by atoms with Crippen molar-refractivity contribution >= 4 is 12.2 Å². The van der Waals surface area contributed by atoms with Crippen LogP contribution in [0.25, 0.3) is 0 Å². The van der Waals surface area contributed by atoms with Crippen molar-refractivity contribution in [2.45, 2.75) is 0 Å². The average molecular weight is 180 g/mol. The van der Waals surface area contributed by atoms with Gasteiger partial charge in [-0.25, -0.2) is 9.82 Å². The maximum atomic E-state index is 12.9. The molecule has 0 saturated carbocycles. The Hall–Kier alpha value is -1.91. The lowest BCUT2D eigenvalue weighted by atomic mass is 10.2. The van der Waals surface area contributed by atoms with Crippen LogP contribution >= 0.6 is 0 Å². The number of hydrazone groups is 1. The molecular formula is C8H9FN4. The lowest BCUT2D eigenvalue weighted by molar-refractivity contribution is 0.626. The van der Waals surface area contributed by atoms with Gasteiger partial charge < -0.3 is 5.73 Å². The summed E-state index contributed by atoms with van der Waals surface area (Å²) in [5.41, 5.74) is 7.49. The van der Waals surface area contributed by atoms with Crippen LogP contribution < -0.4 is 11.2 Å². The van der Waals surface area contributed by atoms with Crippen LogP contribution in [0.4, 0.5) is 4.39 Å². The lowest BCUT2D eigenvalue weighted by Gasteiger charge is -1.95. The zero-order valence-electron chi connectivity index (χ0n) is 6.79. The third kappa shape index (κ3) is 2.90. The Morgan fingerprint density at radius 1 is 1.54 bits per heavy atom. The number of nitrogens with zero attached hydrogens (tertiary/aromatic N) is 1. The quantitative estimate of drug-likeness (QED) is 0.355. The van der Waals surface area contributed by atoms with Crippen LogP contribution in [0.1, 0.15) is 5.56 Å². The Bertz CT molecular complexity index is 335. The fourth-order valence-electron chi connectivity index (χ4n) is 0.751. The molecule has 0 aliphatic rings. The number of guanidine groups is 1. The topological polar surface area (TPSA) is 74.3 Å². The van der Waals surface area contributed by atoms with Gasteiger partial charge in [0.25, 0.3) is 0 Å². The molecule has 0 aliphatic heterocycles. The van der Waals surface area contributed by atoms with Crippen LogP contribution in [0.3, 0.4) is 0 Å². The van der Waals surface area contributed by atoms with Crippen molar-refractivity contribution in [1.29, 1.82) is 5.41 Å². The van der Waals surface area contributed by atoms with Crippen molar-refractivity contribution in [1.82, 2.24) is 5.43 Å². The van der Waals surface area contributed by atoms with Gasteiger partial charge in [-0.15, -0.1) is 0 Å². The van der Waals surface area contributed by atoms with Crippen LogP contribution in [-0.4, -0.2) is 12.2 Å². The number of nitrogens with one attached hydrogen (secondary N) is 2. The number of hydrogen-bond donors (Lipinski definition) is 3. The summed E-state index contributed by atoms with van der Waals surface area (Å²) in [7, 11) is 0. The molecule has 4 N–H and O–H groups in total. The van der Waals surface area contributed by atoms with Gasteiger partial charge in [0.05, 0.1) is 6.21 Å². The average Bonchev–Trinajstić information content (AvgIpc) is 2.08. The van der Waals surface area contributed by atoms with Gasteiger partial charge in [-0.2, -0.15) is 5.10 Å². The predicted octanol–water partition coefficient (Wildman–Crippen LogP) is 0.643. The Labute approximate surface area is 74.8 Å². The largest absolute Gasteiger partial charge is 0.369 e. The smallest absolute Gasteiger partial charge is 0.206 e. The van der Waals surface area contributed by atoms with Crippen molar-refractivity contribution in [2.75, 3.05) is 0 Å². The molecule has 0 bridgehead atoms. The molecular weight excluding hydrogens is 171 g/mol. The van der Waals surface area contributed by atoms with Gasteiger partial charge in [-0.3, -0.25) is 5.41 Å². The van der Waals surface area contributed by atoms with Crippen LogP contribution in [0.15, 0.2) is 29.4 Å². The number of halogens is 1. The monoisotopic (exact) mass is 180 g/mol. The maximum absolute atomic E-state index is 12.9. The zero-order valence-corrected chi connectivity index (χ0v) is 6.79. The third-order valence-corrected chi connectivity index (χ3v) is 1.29. The van der Waals surface area contributed by atoms with Gasteiger partial charge in [0, 0.05) is 5.56 Å². The number of nitrogens with two attached hydrogens (primary N) is 1. The summed E-state index contributed by atoms with van der Waals surface area (Å²) >= 11 is 0. The summed E-state index contributed by atoms with van der Waals surface area (Å²) in [6.45, 7) is 0. The van der Waals surface area contributed by atoms with Crippen molar-refractivity contribution in [2.24, 2.45) is 10.8 Å². The van der Waals surface area contributed by atoms with Gasteiger partial charge in [-0.05, 0) is 6.07 Å². The predicted molar refractivity (Wildman–Crippen MR) is 49.0 cm³/mol. The molecule has 4 nitrogen and oxygen atoms in total. The first-order valence-electron chi connectivity index (χ1n) is 3.58. The van der Waals surface area contributed by atoms with E-state index < -0.39 is 0 Å². The van der Waals surface area contributed by atoms with E-state index in [1.54, 1.807) is 18.2 Å².